The summed E-state index contributed by atoms with van der Waals surface area (Å²) >= 11 is 5.77. The lowest BCUT2D eigenvalue weighted by Gasteiger charge is -2.11. The standard InChI is InChI=1S/C11H23ClO3/c1-3-11(10-12)4-5-14-8-9-15-7-6-13-2/h11H,3-10H2,1-2H3. The van der Waals surface area contributed by atoms with E-state index in [1.165, 1.54) is 0 Å². The summed E-state index contributed by atoms with van der Waals surface area (Å²) in [6.45, 7) is 5.51. The number of methoxy groups -OCH3 is 1. The highest BCUT2D eigenvalue weighted by Gasteiger charge is 2.03. The van der Waals surface area contributed by atoms with E-state index in [0.717, 1.165) is 25.3 Å². The Morgan fingerprint density at radius 2 is 1.60 bits per heavy atom. The van der Waals surface area contributed by atoms with Gasteiger partial charge in [-0.2, -0.15) is 0 Å². The number of alkyl halides is 1. The lowest BCUT2D eigenvalue weighted by atomic mass is 10.1. The van der Waals surface area contributed by atoms with E-state index < -0.39 is 0 Å². The molecule has 1 unspecified atom stereocenters. The highest BCUT2D eigenvalue weighted by Crippen LogP contribution is 2.09. The maximum Gasteiger partial charge on any atom is 0.0701 e. The zero-order valence-electron chi connectivity index (χ0n) is 9.84. The minimum absolute atomic E-state index is 0.584. The van der Waals surface area contributed by atoms with Crippen LogP contribution in [0.3, 0.4) is 0 Å². The predicted molar refractivity (Wildman–Crippen MR) is 62.6 cm³/mol. The van der Waals surface area contributed by atoms with Crippen LogP contribution < -0.4 is 0 Å². The molecule has 0 saturated carbocycles. The minimum atomic E-state index is 0.584. The van der Waals surface area contributed by atoms with Crippen molar-refractivity contribution in [3.63, 3.8) is 0 Å². The molecular weight excluding hydrogens is 216 g/mol. The van der Waals surface area contributed by atoms with Crippen LogP contribution in [0.4, 0.5) is 0 Å². The van der Waals surface area contributed by atoms with Gasteiger partial charge in [0.25, 0.3) is 0 Å². The third kappa shape index (κ3) is 10.5. The van der Waals surface area contributed by atoms with Crippen molar-refractivity contribution < 1.29 is 14.2 Å². The van der Waals surface area contributed by atoms with Crippen LogP contribution in [-0.2, 0) is 14.2 Å². The molecule has 0 aliphatic carbocycles. The van der Waals surface area contributed by atoms with Crippen molar-refractivity contribution in [3.8, 4) is 0 Å². The van der Waals surface area contributed by atoms with Gasteiger partial charge >= 0.3 is 0 Å². The summed E-state index contributed by atoms with van der Waals surface area (Å²) in [5.74, 6) is 1.31. The Morgan fingerprint density at radius 1 is 1.00 bits per heavy atom. The van der Waals surface area contributed by atoms with E-state index in [9.17, 15) is 0 Å². The van der Waals surface area contributed by atoms with E-state index in [4.69, 9.17) is 25.8 Å². The molecule has 0 heterocycles. The van der Waals surface area contributed by atoms with Gasteiger partial charge in [0.15, 0.2) is 0 Å². The fraction of sp³-hybridized carbons (Fsp3) is 1.00. The summed E-state index contributed by atoms with van der Waals surface area (Å²) in [5.41, 5.74) is 0. The molecule has 0 amide bonds. The summed E-state index contributed by atoms with van der Waals surface area (Å²) in [6.07, 6.45) is 2.16. The second kappa shape index (κ2) is 12.2. The van der Waals surface area contributed by atoms with Gasteiger partial charge in [0.2, 0.25) is 0 Å². The van der Waals surface area contributed by atoms with E-state index in [0.29, 0.717) is 32.3 Å². The Labute approximate surface area is 98.0 Å². The van der Waals surface area contributed by atoms with Crippen LogP contribution in [0.15, 0.2) is 0 Å². The Balaban J connectivity index is 3.04. The Hall–Kier alpha value is 0.170. The molecule has 0 aromatic heterocycles. The molecule has 0 bridgehead atoms. The van der Waals surface area contributed by atoms with Crippen molar-refractivity contribution in [3.05, 3.63) is 0 Å². The summed E-state index contributed by atoms with van der Waals surface area (Å²) in [7, 11) is 1.66. The van der Waals surface area contributed by atoms with E-state index in [1.54, 1.807) is 7.11 Å². The first-order valence-electron chi connectivity index (χ1n) is 5.55. The van der Waals surface area contributed by atoms with Crippen LogP contribution in [-0.4, -0.2) is 46.0 Å². The molecule has 0 N–H and O–H groups in total. The zero-order valence-corrected chi connectivity index (χ0v) is 10.6. The van der Waals surface area contributed by atoms with E-state index >= 15 is 0 Å². The van der Waals surface area contributed by atoms with Crippen molar-refractivity contribution in [2.45, 2.75) is 19.8 Å². The van der Waals surface area contributed by atoms with Crippen LogP contribution >= 0.6 is 11.6 Å². The van der Waals surface area contributed by atoms with Crippen molar-refractivity contribution in [1.82, 2.24) is 0 Å². The lowest BCUT2D eigenvalue weighted by Crippen LogP contribution is -2.11. The third-order valence-corrected chi connectivity index (χ3v) is 2.71. The van der Waals surface area contributed by atoms with Crippen LogP contribution in [0.5, 0.6) is 0 Å². The maximum atomic E-state index is 5.77. The smallest absolute Gasteiger partial charge is 0.0701 e. The second-order valence-corrected chi connectivity index (χ2v) is 3.74. The van der Waals surface area contributed by atoms with Gasteiger partial charge in [-0.15, -0.1) is 11.6 Å². The Bertz CT molecular complexity index is 118. The Kier molecular flexibility index (Phi) is 12.4. The average molecular weight is 239 g/mol. The van der Waals surface area contributed by atoms with Crippen molar-refractivity contribution in [1.29, 1.82) is 0 Å². The fourth-order valence-corrected chi connectivity index (χ4v) is 1.48. The molecule has 0 aliphatic rings. The summed E-state index contributed by atoms with van der Waals surface area (Å²) in [4.78, 5) is 0. The number of hydrogen-bond donors (Lipinski definition) is 0. The first kappa shape index (κ1) is 15.2. The topological polar surface area (TPSA) is 27.7 Å². The van der Waals surface area contributed by atoms with Crippen LogP contribution in [0.2, 0.25) is 0 Å². The van der Waals surface area contributed by atoms with Crippen LogP contribution in [0.25, 0.3) is 0 Å². The third-order valence-electron chi connectivity index (χ3n) is 2.27. The summed E-state index contributed by atoms with van der Waals surface area (Å²) < 4.78 is 15.5. The number of hydrogen-bond acceptors (Lipinski definition) is 3. The molecule has 0 fully saturated rings. The van der Waals surface area contributed by atoms with Gasteiger partial charge in [0.1, 0.15) is 0 Å². The largest absolute Gasteiger partial charge is 0.382 e. The normalized spacial score (nSPS) is 13.0. The summed E-state index contributed by atoms with van der Waals surface area (Å²) in [5, 5.41) is 0. The van der Waals surface area contributed by atoms with Crippen molar-refractivity contribution in [2.24, 2.45) is 5.92 Å². The van der Waals surface area contributed by atoms with E-state index in [-0.39, 0.29) is 0 Å². The number of halogens is 1. The number of rotatable bonds is 11. The SMILES string of the molecule is CCC(CCl)CCOCCOCCOC. The molecule has 0 radical (unpaired) electrons. The quantitative estimate of drug-likeness (QED) is 0.409. The molecule has 1 atom stereocenters. The fourth-order valence-electron chi connectivity index (χ4n) is 1.10. The van der Waals surface area contributed by atoms with Crippen LogP contribution in [0.1, 0.15) is 19.8 Å². The molecule has 92 valence electrons. The molecule has 3 nitrogen and oxygen atoms in total. The van der Waals surface area contributed by atoms with Gasteiger partial charge in [0.05, 0.1) is 26.4 Å². The highest BCUT2D eigenvalue weighted by atomic mass is 35.5. The minimum Gasteiger partial charge on any atom is -0.382 e. The monoisotopic (exact) mass is 238 g/mol. The maximum absolute atomic E-state index is 5.77. The van der Waals surface area contributed by atoms with Gasteiger partial charge in [-0.1, -0.05) is 13.3 Å². The van der Waals surface area contributed by atoms with Crippen molar-refractivity contribution >= 4 is 11.6 Å². The lowest BCUT2D eigenvalue weighted by molar-refractivity contribution is 0.0222. The molecule has 0 rings (SSSR count). The molecule has 0 spiro atoms. The molecule has 15 heavy (non-hydrogen) atoms. The highest BCUT2D eigenvalue weighted by molar-refractivity contribution is 6.18. The van der Waals surface area contributed by atoms with Gasteiger partial charge in [0, 0.05) is 19.6 Å². The first-order valence-corrected chi connectivity index (χ1v) is 6.09. The van der Waals surface area contributed by atoms with Gasteiger partial charge < -0.3 is 14.2 Å². The predicted octanol–water partition coefficient (Wildman–Crippen LogP) is 2.32. The van der Waals surface area contributed by atoms with E-state index in [1.807, 2.05) is 0 Å². The van der Waals surface area contributed by atoms with Gasteiger partial charge in [-0.3, -0.25) is 0 Å². The second-order valence-electron chi connectivity index (χ2n) is 3.43. The molecule has 0 aromatic carbocycles. The van der Waals surface area contributed by atoms with E-state index in [2.05, 4.69) is 6.92 Å². The molecule has 0 saturated heterocycles. The number of ether oxygens (including phenoxy) is 3. The van der Waals surface area contributed by atoms with Gasteiger partial charge in [-0.25, -0.2) is 0 Å². The molecular formula is C11H23ClO3. The zero-order chi connectivity index (χ0) is 11.4. The van der Waals surface area contributed by atoms with Crippen molar-refractivity contribution in [2.75, 3.05) is 46.0 Å². The van der Waals surface area contributed by atoms with Crippen LogP contribution in [0, 0.1) is 5.92 Å². The first-order chi connectivity index (χ1) is 7.35. The summed E-state index contributed by atoms with van der Waals surface area (Å²) in [6, 6.07) is 0. The molecule has 0 aromatic rings. The molecule has 0 aliphatic heterocycles. The Morgan fingerprint density at radius 3 is 2.13 bits per heavy atom. The van der Waals surface area contributed by atoms with Gasteiger partial charge in [-0.05, 0) is 12.3 Å². The molecule has 4 heteroatoms. The average Bonchev–Trinajstić information content (AvgIpc) is 2.27.